The van der Waals surface area contributed by atoms with Crippen molar-refractivity contribution >= 4 is 11.7 Å². The summed E-state index contributed by atoms with van der Waals surface area (Å²) in [5, 5.41) is 27.6. The predicted octanol–water partition coefficient (Wildman–Crippen LogP) is 14.0. The Kier molecular flexibility index (Phi) is 23.1. The van der Waals surface area contributed by atoms with Crippen molar-refractivity contribution in [3.63, 3.8) is 0 Å². The van der Waals surface area contributed by atoms with Crippen molar-refractivity contribution in [3.8, 4) is 0 Å². The summed E-state index contributed by atoms with van der Waals surface area (Å²) in [6.07, 6.45) is 24.8. The summed E-state index contributed by atoms with van der Waals surface area (Å²) in [6, 6.07) is 1.67. The average molecular weight is 1450 g/mol. The van der Waals surface area contributed by atoms with E-state index in [2.05, 4.69) is 307 Å². The van der Waals surface area contributed by atoms with Gasteiger partial charge in [-0.2, -0.15) is 0 Å². The van der Waals surface area contributed by atoms with Crippen LogP contribution in [0.1, 0.15) is 350 Å². The van der Waals surface area contributed by atoms with Crippen LogP contribution in [0, 0.1) is 0 Å². The van der Waals surface area contributed by atoms with E-state index in [0.717, 1.165) is 165 Å². The molecular weight excluding hydrogens is 1290 g/mol. The van der Waals surface area contributed by atoms with Gasteiger partial charge in [-0.15, -0.1) is 0 Å². The molecule has 0 radical (unpaired) electrons. The van der Waals surface area contributed by atoms with E-state index >= 15 is 0 Å². The normalized spacial score (nSPS) is 31.6. The maximum atomic E-state index is 7.20. The molecule has 0 aromatic heterocycles. The highest BCUT2D eigenvalue weighted by molar-refractivity contribution is 5.94. The third-order valence-corrected chi connectivity index (χ3v) is 24.9. The van der Waals surface area contributed by atoms with Gasteiger partial charge >= 0.3 is 0 Å². The van der Waals surface area contributed by atoms with E-state index in [-0.39, 0.29) is 125 Å². The molecule has 0 atom stereocenters. The topological polar surface area (TPSA) is 183 Å². The second-order valence-corrected chi connectivity index (χ2v) is 45.9. The molecule has 8 saturated heterocycles. The summed E-state index contributed by atoms with van der Waals surface area (Å²) in [5.41, 5.74) is 14.6. The van der Waals surface area contributed by atoms with E-state index < -0.39 is 0 Å². The van der Waals surface area contributed by atoms with E-state index in [1.807, 2.05) is 10.6 Å². The van der Waals surface area contributed by atoms with Crippen LogP contribution in [0.5, 0.6) is 0 Å². The molecule has 10 N–H and O–H groups in total. The highest BCUT2D eigenvalue weighted by atomic mass is 16.8. The van der Waals surface area contributed by atoms with Crippen LogP contribution >= 0.6 is 0 Å². The van der Waals surface area contributed by atoms with Gasteiger partial charge in [-0.05, 0) is 348 Å². The van der Waals surface area contributed by atoms with Crippen molar-refractivity contribution in [2.75, 3.05) is 13.1 Å². The zero-order valence-corrected chi connectivity index (χ0v) is 72.7. The maximum absolute atomic E-state index is 7.20. The van der Waals surface area contributed by atoms with Crippen molar-refractivity contribution in [2.24, 2.45) is 9.98 Å². The van der Waals surface area contributed by atoms with Gasteiger partial charge in [0.15, 0.2) is 0 Å². The van der Waals surface area contributed by atoms with Gasteiger partial charge in [0.05, 0.1) is 24.3 Å². The van der Waals surface area contributed by atoms with Crippen LogP contribution in [0.25, 0.3) is 0 Å². The number of hydrogen-bond donors (Lipinski definition) is 10. The number of rotatable bonds is 19. The van der Waals surface area contributed by atoms with Crippen molar-refractivity contribution in [2.45, 2.75) is 487 Å². The van der Waals surface area contributed by atoms with Gasteiger partial charge < -0.3 is 41.7 Å². The number of amidine groups is 2. The Morgan fingerprint density at radius 2 is 0.538 bits per heavy atom. The summed E-state index contributed by atoms with van der Waals surface area (Å²) in [7, 11) is 0. The maximum Gasteiger partial charge on any atom is 0.142 e. The monoisotopic (exact) mass is 1450 g/mol. The third-order valence-electron chi connectivity index (χ3n) is 24.9. The first-order chi connectivity index (χ1) is 47.1. The first kappa shape index (κ1) is 83.6. The fraction of sp³-hybridized carbons (Fsp3) is 0.929. The quantitative estimate of drug-likeness (QED) is 0.0551. The first-order valence-corrected chi connectivity index (χ1v) is 41.5. The molecule has 10 aliphatic heterocycles. The van der Waals surface area contributed by atoms with Gasteiger partial charge in [0.2, 0.25) is 0 Å². The highest BCUT2D eigenvalue weighted by Gasteiger charge is 2.55. The number of nitrogens with zero attached hydrogens (tertiary/aromatic N) is 8. The molecule has 20 nitrogen and oxygen atoms in total. The standard InChI is InChI=1S/C84H160N18O2/c1-69(2)45-59(46-70(3,4)91-69)97(67-39-65(87-101(89-67)103-63-53-77(17,18)95-78(19,20)54-63)85-57-41-81(25,26)99(82(27,28)42-57)61-49-73(9,10)93-74(11,12)50-61)37-35-33-34-36-38-98(60-47-71(5,6)92-72(7,8)48-60)68-40-66(88-102(90-68)104-64-55-79(21,22)96-80(23,24)56-64)86-58-43-83(29,30)100(84(31,32)44-58)62-51-75(13,14)94-76(15,16)52-62/h39-40,57-64,89-96H,33-38,41-56H2,1-32H3,(H,85,87)(H,86,88). The third kappa shape index (κ3) is 21.6. The molecule has 104 heavy (non-hydrogen) atoms. The lowest BCUT2D eigenvalue weighted by molar-refractivity contribution is -0.263. The molecule has 10 heterocycles. The largest absolute Gasteiger partial charge is 0.354 e. The highest BCUT2D eigenvalue weighted by Crippen LogP contribution is 2.49. The summed E-state index contributed by atoms with van der Waals surface area (Å²) >= 11 is 0. The Balaban J connectivity index is 0.937. The lowest BCUT2D eigenvalue weighted by atomic mass is 9.71. The van der Waals surface area contributed by atoms with Crippen molar-refractivity contribution in [1.29, 1.82) is 0 Å². The van der Waals surface area contributed by atoms with Crippen molar-refractivity contribution < 1.29 is 9.68 Å². The molecular formula is C84H160N18O2. The van der Waals surface area contributed by atoms with Crippen molar-refractivity contribution in [3.05, 3.63) is 23.8 Å². The van der Waals surface area contributed by atoms with Gasteiger partial charge in [0, 0.05) is 138 Å². The van der Waals surface area contributed by atoms with Crippen LogP contribution in [-0.2, 0) is 9.68 Å². The average Bonchev–Trinajstić information content (AvgIpc) is 0.737. The van der Waals surface area contributed by atoms with E-state index in [4.69, 9.17) is 19.7 Å². The van der Waals surface area contributed by atoms with Crippen LogP contribution in [0.4, 0.5) is 0 Å². The Hall–Kier alpha value is -2.86. The second-order valence-electron chi connectivity index (χ2n) is 45.9. The molecule has 0 bridgehead atoms. The Morgan fingerprint density at radius 1 is 0.308 bits per heavy atom. The van der Waals surface area contributed by atoms with E-state index in [0.29, 0.717) is 12.1 Å². The van der Waals surface area contributed by atoms with Gasteiger partial charge in [0.25, 0.3) is 0 Å². The fourth-order valence-electron chi connectivity index (χ4n) is 25.1. The van der Waals surface area contributed by atoms with E-state index in [1.54, 1.807) is 0 Å². The van der Waals surface area contributed by atoms with Crippen LogP contribution in [0.3, 0.4) is 0 Å². The van der Waals surface area contributed by atoms with Gasteiger partial charge in [-0.25, -0.2) is 0 Å². The van der Waals surface area contributed by atoms with Crippen LogP contribution in [0.2, 0.25) is 0 Å². The number of hydrazine groups is 4. The zero-order valence-electron chi connectivity index (χ0n) is 72.7. The molecule has 0 spiro atoms. The SMILES string of the molecule is CC1(C)CC(ON2NC(N(CCCCCCN(C3=CC(=NC4CC(C)(C)N(C5CC(C)(C)NC(C)(C)C5)C(C)(C)C4)NN(OC4CC(C)(C)NC(C)(C)C4)N3)C3CC(C)(C)NC(C)(C)C3)C3CC(C)(C)NC(C)(C)C3)=CC(=NC3CC(C)(C)N(C4CC(C)(C)NC(C)(C)C4)C(C)(C)C3)N2)CC(C)(C)N1. The second kappa shape index (κ2) is 28.7. The minimum absolute atomic E-state index is 0.0266. The molecule has 20 heteroatoms. The van der Waals surface area contributed by atoms with Gasteiger partial charge in [-0.3, -0.25) is 51.2 Å². The molecule has 10 rings (SSSR count). The Bertz CT molecular complexity index is 2790. The number of piperidine rings is 8. The van der Waals surface area contributed by atoms with Gasteiger partial charge in [-0.1, -0.05) is 12.8 Å². The smallest absolute Gasteiger partial charge is 0.142 e. The molecule has 0 aliphatic carbocycles. The fourth-order valence-corrected chi connectivity index (χ4v) is 25.1. The first-order valence-electron chi connectivity index (χ1n) is 41.5. The number of aliphatic imine (C=N–C) groups is 2. The molecule has 0 aromatic rings. The molecule has 8 fully saturated rings. The zero-order chi connectivity index (χ0) is 77.3. The van der Waals surface area contributed by atoms with Crippen LogP contribution in [0.15, 0.2) is 33.8 Å². The molecule has 0 saturated carbocycles. The Labute approximate surface area is 635 Å². The molecule has 598 valence electrons. The summed E-state index contributed by atoms with van der Waals surface area (Å²) in [4.78, 5) is 37.3. The lowest BCUT2D eigenvalue weighted by Gasteiger charge is -2.61. The molecule has 0 unspecified atom stereocenters. The van der Waals surface area contributed by atoms with Crippen molar-refractivity contribution in [1.82, 2.24) is 83.8 Å². The van der Waals surface area contributed by atoms with Crippen LogP contribution in [-0.4, -0.2) is 192 Å². The molecule has 0 amide bonds. The number of likely N-dealkylation sites (tertiary alicyclic amines) is 2. The van der Waals surface area contributed by atoms with E-state index in [1.165, 1.54) is 0 Å². The minimum Gasteiger partial charge on any atom is -0.354 e. The van der Waals surface area contributed by atoms with E-state index in [9.17, 15) is 0 Å². The predicted molar refractivity (Wildman–Crippen MR) is 433 cm³/mol. The molecule has 10 aliphatic rings. The lowest BCUT2D eigenvalue weighted by Crippen LogP contribution is -2.70. The Morgan fingerprint density at radius 3 is 0.788 bits per heavy atom. The summed E-state index contributed by atoms with van der Waals surface area (Å²) in [5.74, 6) is 3.84. The summed E-state index contributed by atoms with van der Waals surface area (Å²) < 4.78 is 0. The number of hydrogen-bond acceptors (Lipinski definition) is 18. The number of unbranched alkanes of at least 4 members (excludes halogenated alkanes) is 3. The molecule has 0 aromatic carbocycles. The van der Waals surface area contributed by atoms with Gasteiger partial charge in [0.1, 0.15) is 23.3 Å². The van der Waals surface area contributed by atoms with Crippen LogP contribution < -0.4 is 53.6 Å². The minimum atomic E-state index is -0.0943. The summed E-state index contributed by atoms with van der Waals surface area (Å²) in [6.45, 7) is 78.5. The number of nitrogens with one attached hydrogen (secondary N) is 10.